The van der Waals surface area contributed by atoms with E-state index >= 15 is 0 Å². The van der Waals surface area contributed by atoms with E-state index in [0.717, 1.165) is 5.56 Å². The first-order valence-corrected chi connectivity index (χ1v) is 14.3. The van der Waals surface area contributed by atoms with E-state index in [-0.39, 0.29) is 31.4 Å². The SMILES string of the molecule is NCCCCC(NC(=O)C(Cc1ccc(O)cc1)NC(=O)C(CCCCN)NC(=O)C(N)Cc1ccccc1)C(=O)O. The molecule has 12 nitrogen and oxygen atoms in total. The largest absolute Gasteiger partial charge is 0.508 e. The minimum absolute atomic E-state index is 0.0178. The van der Waals surface area contributed by atoms with Gasteiger partial charge in [-0.15, -0.1) is 0 Å². The lowest BCUT2D eigenvalue weighted by atomic mass is 10.0. The van der Waals surface area contributed by atoms with Crippen LogP contribution in [0.25, 0.3) is 0 Å². The summed E-state index contributed by atoms with van der Waals surface area (Å²) in [6.45, 7) is 0.800. The topological polar surface area (TPSA) is 223 Å². The number of phenols is 1. The van der Waals surface area contributed by atoms with Crippen LogP contribution in [-0.2, 0) is 32.0 Å². The second-order valence-corrected chi connectivity index (χ2v) is 10.3. The van der Waals surface area contributed by atoms with Gasteiger partial charge in [0.1, 0.15) is 23.9 Å². The maximum atomic E-state index is 13.5. The molecular formula is C30H44N6O6. The third kappa shape index (κ3) is 12.2. The molecule has 0 spiro atoms. The van der Waals surface area contributed by atoms with Crippen molar-refractivity contribution in [2.45, 2.75) is 75.5 Å². The zero-order chi connectivity index (χ0) is 30.9. The first-order valence-electron chi connectivity index (χ1n) is 14.3. The molecule has 12 heteroatoms. The number of nitrogens with two attached hydrogens (primary N) is 3. The fourth-order valence-corrected chi connectivity index (χ4v) is 4.37. The Kier molecular flexibility index (Phi) is 15.0. The molecule has 2 aromatic rings. The average Bonchev–Trinajstić information content (AvgIpc) is 2.97. The summed E-state index contributed by atoms with van der Waals surface area (Å²) < 4.78 is 0. The van der Waals surface area contributed by atoms with Crippen molar-refractivity contribution in [3.05, 3.63) is 65.7 Å². The number of phenolic OH excluding ortho intramolecular Hbond substituents is 1. The molecule has 0 aliphatic carbocycles. The molecule has 2 rings (SSSR count). The highest BCUT2D eigenvalue weighted by atomic mass is 16.4. The summed E-state index contributed by atoms with van der Waals surface area (Å²) >= 11 is 0. The van der Waals surface area contributed by atoms with Crippen LogP contribution < -0.4 is 33.2 Å². The summed E-state index contributed by atoms with van der Waals surface area (Å²) in [5.41, 5.74) is 18.8. The fraction of sp³-hybridized carbons (Fsp3) is 0.467. The van der Waals surface area contributed by atoms with E-state index in [9.17, 15) is 29.4 Å². The van der Waals surface area contributed by atoms with Crippen molar-refractivity contribution in [3.8, 4) is 5.75 Å². The molecule has 0 saturated carbocycles. The lowest BCUT2D eigenvalue weighted by Gasteiger charge is -2.25. The Balaban J connectivity index is 2.21. The Hall–Kier alpha value is -4.00. The zero-order valence-corrected chi connectivity index (χ0v) is 23.8. The van der Waals surface area contributed by atoms with Gasteiger partial charge in [-0.3, -0.25) is 14.4 Å². The van der Waals surface area contributed by atoms with Crippen molar-refractivity contribution in [2.24, 2.45) is 17.2 Å². The molecule has 0 saturated heterocycles. The Morgan fingerprint density at radius 3 is 1.71 bits per heavy atom. The second kappa shape index (κ2) is 18.4. The van der Waals surface area contributed by atoms with Crippen LogP contribution in [0.2, 0.25) is 0 Å². The van der Waals surface area contributed by atoms with Crippen LogP contribution in [0.5, 0.6) is 5.75 Å². The van der Waals surface area contributed by atoms with E-state index < -0.39 is 47.9 Å². The van der Waals surface area contributed by atoms with Crippen LogP contribution in [0.3, 0.4) is 0 Å². The summed E-state index contributed by atoms with van der Waals surface area (Å²) in [6, 6.07) is 11.1. The number of rotatable bonds is 19. The van der Waals surface area contributed by atoms with Crippen molar-refractivity contribution < 1.29 is 29.4 Å². The Morgan fingerprint density at radius 2 is 1.14 bits per heavy atom. The molecule has 4 unspecified atom stereocenters. The van der Waals surface area contributed by atoms with Gasteiger partial charge in [0.15, 0.2) is 0 Å². The number of hydrogen-bond acceptors (Lipinski definition) is 8. The molecule has 3 amide bonds. The van der Waals surface area contributed by atoms with Crippen molar-refractivity contribution in [1.29, 1.82) is 0 Å². The predicted molar refractivity (Wildman–Crippen MR) is 159 cm³/mol. The molecule has 4 atom stereocenters. The van der Waals surface area contributed by atoms with Crippen LogP contribution >= 0.6 is 0 Å². The maximum Gasteiger partial charge on any atom is 0.326 e. The summed E-state index contributed by atoms with van der Waals surface area (Å²) in [4.78, 5) is 51.6. The number of benzene rings is 2. The minimum atomic E-state index is -1.20. The van der Waals surface area contributed by atoms with Gasteiger partial charge in [0.05, 0.1) is 6.04 Å². The van der Waals surface area contributed by atoms with Gasteiger partial charge in [-0.1, -0.05) is 42.5 Å². The zero-order valence-electron chi connectivity index (χ0n) is 23.8. The van der Waals surface area contributed by atoms with Gasteiger partial charge in [0.25, 0.3) is 0 Å². The van der Waals surface area contributed by atoms with E-state index in [0.29, 0.717) is 44.3 Å². The van der Waals surface area contributed by atoms with Crippen LogP contribution in [-0.4, -0.2) is 71.2 Å². The lowest BCUT2D eigenvalue weighted by molar-refractivity contribution is -0.142. The van der Waals surface area contributed by atoms with Crippen LogP contribution in [0, 0.1) is 0 Å². The first kappa shape index (κ1) is 34.2. The number of unbranched alkanes of at least 4 members (excludes halogenated alkanes) is 2. The lowest BCUT2D eigenvalue weighted by Crippen LogP contribution is -2.57. The quantitative estimate of drug-likeness (QED) is 0.106. The van der Waals surface area contributed by atoms with Crippen molar-refractivity contribution in [3.63, 3.8) is 0 Å². The van der Waals surface area contributed by atoms with E-state index in [4.69, 9.17) is 17.2 Å². The van der Waals surface area contributed by atoms with Gasteiger partial charge < -0.3 is 43.4 Å². The number of aliphatic carboxylic acids is 1. The van der Waals surface area contributed by atoms with Gasteiger partial charge in [-0.25, -0.2) is 4.79 Å². The normalized spacial score (nSPS) is 13.8. The highest BCUT2D eigenvalue weighted by Gasteiger charge is 2.30. The average molecular weight is 585 g/mol. The van der Waals surface area contributed by atoms with E-state index in [1.165, 1.54) is 12.1 Å². The van der Waals surface area contributed by atoms with Crippen LogP contribution in [0.1, 0.15) is 49.7 Å². The highest BCUT2D eigenvalue weighted by molar-refractivity contribution is 5.94. The first-order chi connectivity index (χ1) is 20.1. The Labute approximate surface area is 246 Å². The standard InChI is InChI=1S/C30H44N6O6/c31-16-6-4-10-24(34-27(38)23(33)18-20-8-2-1-3-9-20)28(39)36-26(19-21-12-14-22(37)15-13-21)29(40)35-25(30(41)42)11-5-7-17-32/h1-3,8-9,12-15,23-26,37H,4-7,10-11,16-19,31-33H2,(H,34,38)(H,35,40)(H,36,39)(H,41,42). The predicted octanol–water partition coefficient (Wildman–Crippen LogP) is 0.302. The minimum Gasteiger partial charge on any atom is -0.508 e. The maximum absolute atomic E-state index is 13.5. The van der Waals surface area contributed by atoms with Crippen molar-refractivity contribution in [1.82, 2.24) is 16.0 Å². The number of nitrogens with one attached hydrogen (secondary N) is 3. The molecular weight excluding hydrogens is 540 g/mol. The number of carboxylic acids is 1. The van der Waals surface area contributed by atoms with Gasteiger partial charge in [-0.2, -0.15) is 0 Å². The molecule has 0 aliphatic rings. The monoisotopic (exact) mass is 584 g/mol. The Morgan fingerprint density at radius 1 is 0.643 bits per heavy atom. The molecule has 0 bridgehead atoms. The summed E-state index contributed by atoms with van der Waals surface area (Å²) in [7, 11) is 0. The smallest absolute Gasteiger partial charge is 0.326 e. The molecule has 230 valence electrons. The number of carbonyl (C=O) groups is 4. The van der Waals surface area contributed by atoms with Gasteiger partial charge in [-0.05, 0) is 81.3 Å². The number of carbonyl (C=O) groups excluding carboxylic acids is 3. The number of aromatic hydroxyl groups is 1. The molecule has 0 aliphatic heterocycles. The molecule has 0 heterocycles. The Bertz CT molecular complexity index is 1130. The molecule has 11 N–H and O–H groups in total. The second-order valence-electron chi connectivity index (χ2n) is 10.3. The van der Waals surface area contributed by atoms with E-state index in [1.54, 1.807) is 12.1 Å². The number of hydrogen-bond donors (Lipinski definition) is 8. The highest BCUT2D eigenvalue weighted by Crippen LogP contribution is 2.13. The number of amides is 3. The number of carboxylic acid groups (broad SMARTS) is 1. The molecule has 42 heavy (non-hydrogen) atoms. The third-order valence-corrected chi connectivity index (χ3v) is 6.79. The van der Waals surface area contributed by atoms with Crippen molar-refractivity contribution in [2.75, 3.05) is 13.1 Å². The molecule has 0 aromatic heterocycles. The van der Waals surface area contributed by atoms with E-state index in [2.05, 4.69) is 16.0 Å². The molecule has 2 aromatic carbocycles. The summed E-state index contributed by atoms with van der Waals surface area (Å²) in [6.07, 6.45) is 2.99. The molecule has 0 radical (unpaired) electrons. The van der Waals surface area contributed by atoms with Crippen LogP contribution in [0.15, 0.2) is 54.6 Å². The van der Waals surface area contributed by atoms with Gasteiger partial charge >= 0.3 is 5.97 Å². The summed E-state index contributed by atoms with van der Waals surface area (Å²) in [5.74, 6) is -2.98. The van der Waals surface area contributed by atoms with E-state index in [1.807, 2.05) is 30.3 Å². The van der Waals surface area contributed by atoms with Gasteiger partial charge in [0.2, 0.25) is 17.7 Å². The molecule has 0 fully saturated rings. The van der Waals surface area contributed by atoms with Crippen LogP contribution in [0.4, 0.5) is 0 Å². The third-order valence-electron chi connectivity index (χ3n) is 6.79. The fourth-order valence-electron chi connectivity index (χ4n) is 4.37. The van der Waals surface area contributed by atoms with Gasteiger partial charge in [0, 0.05) is 6.42 Å². The summed E-state index contributed by atoms with van der Waals surface area (Å²) in [5, 5.41) is 27.2. The van der Waals surface area contributed by atoms with Crippen molar-refractivity contribution >= 4 is 23.7 Å².